The molecule has 0 amide bonds. The first kappa shape index (κ1) is 15.0. The highest BCUT2D eigenvalue weighted by atomic mass is 35.5. The second-order valence-corrected chi connectivity index (χ2v) is 5.36. The zero-order chi connectivity index (χ0) is 13.1. The SMILES string of the molecule is Cl.N[C@@H]1CN(Cc2ccccc2)C[C@H]1c1ccccc1. The number of likely N-dealkylation sites (tertiary alicyclic amines) is 1. The monoisotopic (exact) mass is 288 g/mol. The van der Waals surface area contributed by atoms with E-state index in [2.05, 4.69) is 65.6 Å². The fourth-order valence-corrected chi connectivity index (χ4v) is 2.94. The minimum Gasteiger partial charge on any atom is -0.326 e. The molecular weight excluding hydrogens is 268 g/mol. The number of benzene rings is 2. The summed E-state index contributed by atoms with van der Waals surface area (Å²) >= 11 is 0. The van der Waals surface area contributed by atoms with Crippen molar-refractivity contribution in [3.8, 4) is 0 Å². The number of nitrogens with zero attached hydrogens (tertiary/aromatic N) is 1. The van der Waals surface area contributed by atoms with Crippen LogP contribution >= 0.6 is 12.4 Å². The van der Waals surface area contributed by atoms with Gasteiger partial charge >= 0.3 is 0 Å². The Labute approximate surface area is 127 Å². The van der Waals surface area contributed by atoms with Gasteiger partial charge in [-0.3, -0.25) is 4.90 Å². The molecule has 2 nitrogen and oxygen atoms in total. The zero-order valence-electron chi connectivity index (χ0n) is 11.5. The number of nitrogens with two attached hydrogens (primary N) is 1. The van der Waals surface area contributed by atoms with Crippen LogP contribution in [0.4, 0.5) is 0 Å². The summed E-state index contributed by atoms with van der Waals surface area (Å²) in [6.07, 6.45) is 0. The molecular formula is C17H21ClN2. The molecule has 2 aromatic carbocycles. The molecule has 2 aromatic rings. The Bertz CT molecular complexity index is 515. The van der Waals surface area contributed by atoms with E-state index in [0.29, 0.717) is 5.92 Å². The maximum Gasteiger partial charge on any atom is 0.0250 e. The van der Waals surface area contributed by atoms with Crippen molar-refractivity contribution >= 4 is 12.4 Å². The molecule has 0 bridgehead atoms. The number of hydrogen-bond donors (Lipinski definition) is 1. The molecule has 1 aliphatic heterocycles. The van der Waals surface area contributed by atoms with E-state index in [1.54, 1.807) is 0 Å². The predicted octanol–water partition coefficient (Wildman–Crippen LogP) is 3.04. The first-order chi connectivity index (χ1) is 9.33. The highest BCUT2D eigenvalue weighted by molar-refractivity contribution is 5.85. The van der Waals surface area contributed by atoms with Gasteiger partial charge in [-0.15, -0.1) is 12.4 Å². The minimum atomic E-state index is 0. The van der Waals surface area contributed by atoms with Crippen LogP contribution in [0.1, 0.15) is 17.0 Å². The molecule has 0 radical (unpaired) electrons. The Kier molecular flexibility index (Phi) is 5.18. The maximum atomic E-state index is 6.31. The Morgan fingerprint density at radius 3 is 2.15 bits per heavy atom. The molecule has 0 aliphatic carbocycles. The lowest BCUT2D eigenvalue weighted by molar-refractivity contribution is 0.324. The van der Waals surface area contributed by atoms with Crippen molar-refractivity contribution in [3.05, 3.63) is 71.8 Å². The Hall–Kier alpha value is -1.35. The first-order valence-electron chi connectivity index (χ1n) is 6.90. The van der Waals surface area contributed by atoms with Crippen molar-refractivity contribution in [3.63, 3.8) is 0 Å². The largest absolute Gasteiger partial charge is 0.326 e. The molecule has 106 valence electrons. The summed E-state index contributed by atoms with van der Waals surface area (Å²) in [6.45, 7) is 3.03. The minimum absolute atomic E-state index is 0. The van der Waals surface area contributed by atoms with Crippen LogP contribution in [-0.4, -0.2) is 24.0 Å². The lowest BCUT2D eigenvalue weighted by Crippen LogP contribution is -2.28. The molecule has 1 heterocycles. The standard InChI is InChI=1S/C17H20N2.ClH/c18-17-13-19(11-14-7-3-1-4-8-14)12-16(17)15-9-5-2-6-10-15;/h1-10,16-17H,11-13,18H2;1H/t16-,17+;/m0./s1. The van der Waals surface area contributed by atoms with Crippen molar-refractivity contribution < 1.29 is 0 Å². The fourth-order valence-electron chi connectivity index (χ4n) is 2.94. The predicted molar refractivity (Wildman–Crippen MR) is 86.1 cm³/mol. The van der Waals surface area contributed by atoms with Crippen LogP contribution in [0.5, 0.6) is 0 Å². The Morgan fingerprint density at radius 1 is 0.900 bits per heavy atom. The van der Waals surface area contributed by atoms with Gasteiger partial charge < -0.3 is 5.73 Å². The van der Waals surface area contributed by atoms with Crippen LogP contribution in [0.2, 0.25) is 0 Å². The molecule has 0 spiro atoms. The van der Waals surface area contributed by atoms with Crippen LogP contribution < -0.4 is 5.73 Å². The van der Waals surface area contributed by atoms with Gasteiger partial charge in [-0.05, 0) is 11.1 Å². The Balaban J connectivity index is 0.00000147. The van der Waals surface area contributed by atoms with E-state index in [0.717, 1.165) is 19.6 Å². The van der Waals surface area contributed by atoms with Crippen LogP contribution in [-0.2, 0) is 6.54 Å². The van der Waals surface area contributed by atoms with Crippen molar-refractivity contribution in [2.45, 2.75) is 18.5 Å². The molecule has 0 unspecified atom stereocenters. The molecule has 20 heavy (non-hydrogen) atoms. The third kappa shape index (κ3) is 3.40. The van der Waals surface area contributed by atoms with E-state index in [9.17, 15) is 0 Å². The smallest absolute Gasteiger partial charge is 0.0250 e. The second kappa shape index (κ2) is 6.89. The van der Waals surface area contributed by atoms with E-state index in [-0.39, 0.29) is 18.4 Å². The lowest BCUT2D eigenvalue weighted by Gasteiger charge is -2.16. The van der Waals surface area contributed by atoms with Crippen molar-refractivity contribution in [1.82, 2.24) is 4.90 Å². The van der Waals surface area contributed by atoms with E-state index in [1.165, 1.54) is 11.1 Å². The third-order valence-corrected chi connectivity index (χ3v) is 3.92. The average molecular weight is 289 g/mol. The van der Waals surface area contributed by atoms with Crippen LogP contribution in [0.25, 0.3) is 0 Å². The highest BCUT2D eigenvalue weighted by Crippen LogP contribution is 2.27. The first-order valence-corrected chi connectivity index (χ1v) is 6.90. The molecule has 2 atom stereocenters. The molecule has 2 N–H and O–H groups in total. The van der Waals surface area contributed by atoms with Crippen molar-refractivity contribution in [2.24, 2.45) is 5.73 Å². The van der Waals surface area contributed by atoms with E-state index in [1.807, 2.05) is 0 Å². The van der Waals surface area contributed by atoms with Crippen LogP contribution in [0.3, 0.4) is 0 Å². The molecule has 3 heteroatoms. The quantitative estimate of drug-likeness (QED) is 0.941. The molecule has 1 aliphatic rings. The number of halogens is 1. The highest BCUT2D eigenvalue weighted by Gasteiger charge is 2.30. The summed E-state index contributed by atoms with van der Waals surface area (Å²) in [7, 11) is 0. The van der Waals surface area contributed by atoms with E-state index < -0.39 is 0 Å². The van der Waals surface area contributed by atoms with Gasteiger partial charge in [0, 0.05) is 31.6 Å². The maximum absolute atomic E-state index is 6.31. The summed E-state index contributed by atoms with van der Waals surface area (Å²) in [5, 5.41) is 0. The van der Waals surface area contributed by atoms with Crippen molar-refractivity contribution in [1.29, 1.82) is 0 Å². The summed E-state index contributed by atoms with van der Waals surface area (Å²) in [6, 6.07) is 21.5. The van der Waals surface area contributed by atoms with Crippen molar-refractivity contribution in [2.75, 3.05) is 13.1 Å². The topological polar surface area (TPSA) is 29.3 Å². The van der Waals surface area contributed by atoms with Gasteiger partial charge in [0.05, 0.1) is 0 Å². The molecule has 1 saturated heterocycles. The van der Waals surface area contributed by atoms with E-state index in [4.69, 9.17) is 5.73 Å². The van der Waals surface area contributed by atoms with Gasteiger partial charge in [-0.25, -0.2) is 0 Å². The van der Waals surface area contributed by atoms with Crippen LogP contribution in [0.15, 0.2) is 60.7 Å². The summed E-state index contributed by atoms with van der Waals surface area (Å²) < 4.78 is 0. The van der Waals surface area contributed by atoms with Crippen LogP contribution in [0, 0.1) is 0 Å². The van der Waals surface area contributed by atoms with Gasteiger partial charge in [0.2, 0.25) is 0 Å². The normalized spacial score (nSPS) is 22.4. The van der Waals surface area contributed by atoms with Gasteiger partial charge in [-0.1, -0.05) is 60.7 Å². The van der Waals surface area contributed by atoms with Gasteiger partial charge in [0.1, 0.15) is 0 Å². The number of rotatable bonds is 3. The molecule has 1 fully saturated rings. The molecule has 0 saturated carbocycles. The second-order valence-electron chi connectivity index (χ2n) is 5.36. The van der Waals surface area contributed by atoms with E-state index >= 15 is 0 Å². The van der Waals surface area contributed by atoms with Gasteiger partial charge in [0.15, 0.2) is 0 Å². The zero-order valence-corrected chi connectivity index (χ0v) is 12.3. The summed E-state index contributed by atoms with van der Waals surface area (Å²) in [5.41, 5.74) is 9.04. The average Bonchev–Trinajstić information content (AvgIpc) is 2.82. The third-order valence-electron chi connectivity index (χ3n) is 3.92. The fraction of sp³-hybridized carbons (Fsp3) is 0.294. The summed E-state index contributed by atoms with van der Waals surface area (Å²) in [4.78, 5) is 2.46. The molecule has 3 rings (SSSR count). The lowest BCUT2D eigenvalue weighted by atomic mass is 9.95. The van der Waals surface area contributed by atoms with Gasteiger partial charge in [0.25, 0.3) is 0 Å². The number of hydrogen-bond acceptors (Lipinski definition) is 2. The van der Waals surface area contributed by atoms with Gasteiger partial charge in [-0.2, -0.15) is 0 Å². The Morgan fingerprint density at radius 2 is 1.50 bits per heavy atom. The summed E-state index contributed by atoms with van der Waals surface area (Å²) in [5.74, 6) is 0.463. The molecule has 0 aromatic heterocycles.